The maximum atomic E-state index is 13.2. The van der Waals surface area contributed by atoms with E-state index in [-0.39, 0.29) is 24.5 Å². The number of carbonyl (C=O) groups is 1. The Kier molecular flexibility index (Phi) is 11.1. The van der Waals surface area contributed by atoms with E-state index >= 15 is 0 Å². The van der Waals surface area contributed by atoms with Crippen molar-refractivity contribution < 1.29 is 42.2 Å². The van der Waals surface area contributed by atoms with Crippen LogP contribution in [0.3, 0.4) is 0 Å². The summed E-state index contributed by atoms with van der Waals surface area (Å²) in [4.78, 5) is 17.8. The van der Waals surface area contributed by atoms with Crippen LogP contribution in [0.25, 0.3) is 0 Å². The first-order valence-corrected chi connectivity index (χ1v) is 14.1. The van der Waals surface area contributed by atoms with Crippen LogP contribution in [-0.2, 0) is 22.5 Å². The molecule has 0 saturated heterocycles. The molecule has 1 atom stereocenters. The highest BCUT2D eigenvalue weighted by Gasteiger charge is 2.26. The van der Waals surface area contributed by atoms with E-state index in [2.05, 4.69) is 9.72 Å². The Morgan fingerprint density at radius 3 is 2.33 bits per heavy atom. The number of esters is 1. The summed E-state index contributed by atoms with van der Waals surface area (Å²) in [5, 5.41) is 0.717. The van der Waals surface area contributed by atoms with Gasteiger partial charge in [-0.1, -0.05) is 35.3 Å². The zero-order valence-electron chi connectivity index (χ0n) is 23.5. The first-order chi connectivity index (χ1) is 20.2. The van der Waals surface area contributed by atoms with Crippen LogP contribution in [0.2, 0.25) is 10.0 Å². The Balaban J connectivity index is 1.54. The number of carbonyl (C=O) groups excluding carboxylic acids is 1. The molecule has 1 heterocycles. The molecule has 1 aromatic heterocycles. The van der Waals surface area contributed by atoms with Gasteiger partial charge in [0, 0.05) is 18.5 Å². The fourth-order valence-corrected chi connectivity index (χ4v) is 4.90. The summed E-state index contributed by atoms with van der Waals surface area (Å²) >= 11 is 12.8. The highest BCUT2D eigenvalue weighted by atomic mass is 35.5. The number of nitrogens with zero attached hydrogens (tertiary/aromatic N) is 1. The van der Waals surface area contributed by atoms with Gasteiger partial charge in [-0.2, -0.15) is 8.78 Å². The van der Waals surface area contributed by atoms with Crippen molar-refractivity contribution in [3.8, 4) is 23.0 Å². The van der Waals surface area contributed by atoms with E-state index < -0.39 is 18.7 Å². The lowest BCUT2D eigenvalue weighted by Crippen LogP contribution is -2.28. The molecule has 1 saturated carbocycles. The van der Waals surface area contributed by atoms with Gasteiger partial charge in [-0.05, 0) is 61.2 Å². The van der Waals surface area contributed by atoms with E-state index in [1.165, 1.54) is 6.07 Å². The maximum Gasteiger partial charge on any atom is 0.387 e. The lowest BCUT2D eigenvalue weighted by Gasteiger charge is -2.23. The average molecular weight is 627 g/mol. The third kappa shape index (κ3) is 8.83. The minimum Gasteiger partial charge on any atom is -0.493 e. The van der Waals surface area contributed by atoms with Crippen LogP contribution in [0, 0.1) is 5.92 Å². The molecular formula is C30H33Cl2F2N2O6+. The minimum atomic E-state index is -3.02. The van der Waals surface area contributed by atoms with Crippen LogP contribution in [0.4, 0.5) is 8.78 Å². The molecule has 1 aliphatic rings. The van der Waals surface area contributed by atoms with Crippen molar-refractivity contribution in [1.29, 1.82) is 0 Å². The smallest absolute Gasteiger partial charge is 0.387 e. The molecule has 0 bridgehead atoms. The molecule has 3 aromatic rings. The van der Waals surface area contributed by atoms with Crippen LogP contribution in [0.1, 0.15) is 35.6 Å². The number of alkyl halides is 2. The van der Waals surface area contributed by atoms with Gasteiger partial charge in [-0.3, -0.25) is 9.69 Å². The third-order valence-corrected chi connectivity index (χ3v) is 7.36. The molecule has 0 amide bonds. The summed E-state index contributed by atoms with van der Waals surface area (Å²) in [6.45, 7) is -2.25. The van der Waals surface area contributed by atoms with Crippen LogP contribution in [-0.4, -0.2) is 51.9 Å². The van der Waals surface area contributed by atoms with Gasteiger partial charge in [-0.15, -0.1) is 0 Å². The summed E-state index contributed by atoms with van der Waals surface area (Å²) in [7, 11) is 4.90. The van der Waals surface area contributed by atoms with E-state index in [0.717, 1.165) is 18.4 Å². The molecule has 42 heavy (non-hydrogen) atoms. The molecule has 8 nitrogen and oxygen atoms in total. The zero-order chi connectivity index (χ0) is 30.2. The van der Waals surface area contributed by atoms with Crippen molar-refractivity contribution in [2.75, 3.05) is 34.4 Å². The normalized spacial score (nSPS) is 13.6. The molecule has 1 N–H and O–H groups in total. The fourth-order valence-electron chi connectivity index (χ4n) is 4.37. The second-order valence-corrected chi connectivity index (χ2v) is 10.8. The van der Waals surface area contributed by atoms with Gasteiger partial charge in [0.15, 0.2) is 35.4 Å². The number of H-pyrrole nitrogens is 1. The number of likely N-dealkylation sites (N-methyl/N-ethyl adjacent to an activating group) is 1. The summed E-state index contributed by atoms with van der Waals surface area (Å²) in [6, 6.07) is 10.0. The van der Waals surface area contributed by atoms with E-state index in [1.807, 2.05) is 12.1 Å². The van der Waals surface area contributed by atoms with Gasteiger partial charge in [-0.25, -0.2) is 4.98 Å². The number of pyridine rings is 1. The SMILES string of the molecule is COc1ccc(CN(C)CC(=O)O[C@@H](Cc2c(Cl)c[nH+]cc2Cl)c2ccc(OC(F)F)c(OCC3CC3)c2)cc1OC. The van der Waals surface area contributed by atoms with Gasteiger partial charge < -0.3 is 23.7 Å². The highest BCUT2D eigenvalue weighted by molar-refractivity contribution is 6.35. The number of methoxy groups -OCH3 is 2. The molecule has 0 spiro atoms. The van der Waals surface area contributed by atoms with Gasteiger partial charge >= 0.3 is 12.6 Å². The topological polar surface area (TPSA) is 80.6 Å². The van der Waals surface area contributed by atoms with Gasteiger partial charge in [0.1, 0.15) is 16.1 Å². The first kappa shape index (κ1) is 31.6. The fraction of sp³-hybridized carbons (Fsp3) is 0.400. The van der Waals surface area contributed by atoms with E-state index in [0.29, 0.717) is 51.7 Å². The number of aromatic nitrogens is 1. The van der Waals surface area contributed by atoms with Crippen molar-refractivity contribution in [2.45, 2.75) is 38.5 Å². The van der Waals surface area contributed by atoms with Crippen LogP contribution >= 0.6 is 23.2 Å². The summed E-state index contributed by atoms with van der Waals surface area (Å²) in [5.74, 6) is 1.10. The minimum absolute atomic E-state index is 0.0352. The van der Waals surface area contributed by atoms with Crippen molar-refractivity contribution in [3.63, 3.8) is 0 Å². The second-order valence-electron chi connectivity index (χ2n) is 10.0. The predicted molar refractivity (Wildman–Crippen MR) is 153 cm³/mol. The highest BCUT2D eigenvalue weighted by Crippen LogP contribution is 2.38. The summed E-state index contributed by atoms with van der Waals surface area (Å²) in [6.07, 6.45) is 4.46. The standard InChI is InChI=1S/C30H32Cl2F2N2O6/c1-36(15-19-6-8-24(38-2)27(10-19)39-3)16-29(37)41-26(12-21-22(31)13-35-14-23(21)32)20-7-9-25(42-30(33)34)28(11-20)40-17-18-4-5-18/h6-11,13-14,18,26,30H,4-5,12,15-17H2,1-3H3/p+1/t26-/m0/s1. The molecule has 1 aliphatic carbocycles. The van der Waals surface area contributed by atoms with Crippen molar-refractivity contribution in [3.05, 3.63) is 75.5 Å². The summed E-state index contributed by atoms with van der Waals surface area (Å²) < 4.78 is 53.3. The Morgan fingerprint density at radius 2 is 1.69 bits per heavy atom. The van der Waals surface area contributed by atoms with Crippen molar-refractivity contribution >= 4 is 29.2 Å². The Labute approximate surface area is 253 Å². The lowest BCUT2D eigenvalue weighted by atomic mass is 10.0. The van der Waals surface area contributed by atoms with E-state index in [1.54, 1.807) is 56.8 Å². The molecule has 226 valence electrons. The second kappa shape index (κ2) is 14.7. The van der Waals surface area contributed by atoms with E-state index in [4.69, 9.17) is 42.1 Å². The Morgan fingerprint density at radius 1 is 1.00 bits per heavy atom. The van der Waals surface area contributed by atoms with Crippen LogP contribution < -0.4 is 23.9 Å². The quantitative estimate of drug-likeness (QED) is 0.187. The van der Waals surface area contributed by atoms with Gasteiger partial charge in [0.05, 0.1) is 27.4 Å². The third-order valence-electron chi connectivity index (χ3n) is 6.69. The average Bonchev–Trinajstić information content (AvgIpc) is 3.78. The molecule has 12 heteroatoms. The first-order valence-electron chi connectivity index (χ1n) is 13.3. The number of rotatable bonds is 15. The largest absolute Gasteiger partial charge is 0.493 e. The number of ether oxygens (including phenoxy) is 5. The van der Waals surface area contributed by atoms with Crippen LogP contribution in [0.5, 0.6) is 23.0 Å². The van der Waals surface area contributed by atoms with Gasteiger partial charge in [0.2, 0.25) is 0 Å². The molecule has 0 radical (unpaired) electrons. The number of hydrogen-bond acceptors (Lipinski definition) is 7. The number of aromatic amines is 1. The number of nitrogens with one attached hydrogen (secondary N) is 1. The molecule has 1 fully saturated rings. The lowest BCUT2D eigenvalue weighted by molar-refractivity contribution is -0.377. The number of hydrogen-bond donors (Lipinski definition) is 0. The van der Waals surface area contributed by atoms with E-state index in [9.17, 15) is 13.6 Å². The summed E-state index contributed by atoms with van der Waals surface area (Å²) in [5.41, 5.74) is 1.98. The van der Waals surface area contributed by atoms with Crippen LogP contribution in [0.15, 0.2) is 48.8 Å². The Bertz CT molecular complexity index is 1360. The molecule has 0 unspecified atom stereocenters. The predicted octanol–water partition coefficient (Wildman–Crippen LogP) is 6.17. The monoisotopic (exact) mass is 625 g/mol. The van der Waals surface area contributed by atoms with Crippen molar-refractivity contribution in [2.24, 2.45) is 5.92 Å². The maximum absolute atomic E-state index is 13.2. The number of benzene rings is 2. The Hall–Kier alpha value is -3.34. The zero-order valence-corrected chi connectivity index (χ0v) is 25.0. The molecular weight excluding hydrogens is 593 g/mol. The van der Waals surface area contributed by atoms with Crippen molar-refractivity contribution in [1.82, 2.24) is 4.90 Å². The molecule has 0 aliphatic heterocycles. The van der Waals surface area contributed by atoms with Gasteiger partial charge in [0.25, 0.3) is 0 Å². The number of halogens is 4. The molecule has 2 aromatic carbocycles. The molecule has 4 rings (SSSR count).